The van der Waals surface area contributed by atoms with Crippen molar-refractivity contribution < 1.29 is 14.1 Å². The maximum absolute atomic E-state index is 13.1. The van der Waals surface area contributed by atoms with Crippen molar-refractivity contribution in [2.24, 2.45) is 0 Å². The highest BCUT2D eigenvalue weighted by molar-refractivity contribution is 5.89. The Morgan fingerprint density at radius 3 is 2.57 bits per heavy atom. The summed E-state index contributed by atoms with van der Waals surface area (Å²) in [5, 5.41) is 3.73. The summed E-state index contributed by atoms with van der Waals surface area (Å²) >= 11 is 0. The topological polar surface area (TPSA) is 69.6 Å². The van der Waals surface area contributed by atoms with E-state index in [9.17, 15) is 14.0 Å². The van der Waals surface area contributed by atoms with Crippen molar-refractivity contribution >= 4 is 22.6 Å². The number of aromatic amines is 1. The monoisotopic (exact) mass is 411 g/mol. The predicted octanol–water partition coefficient (Wildman–Crippen LogP) is 2.54. The predicted molar refractivity (Wildman–Crippen MR) is 117 cm³/mol. The first-order valence-electron chi connectivity index (χ1n) is 10.0. The SMILES string of the molecule is Cc1ccc2[nH]c(=O)c(CN(CCC[NH+](C)C)C(=O)Nc3ccc(F)cc3)cc2c1. The number of amides is 2. The largest absolute Gasteiger partial charge is 0.340 e. The summed E-state index contributed by atoms with van der Waals surface area (Å²) in [4.78, 5) is 31.3. The summed E-state index contributed by atoms with van der Waals surface area (Å²) < 4.78 is 13.1. The lowest BCUT2D eigenvalue weighted by atomic mass is 10.1. The molecule has 2 aromatic carbocycles. The zero-order valence-corrected chi connectivity index (χ0v) is 17.6. The van der Waals surface area contributed by atoms with Crippen molar-refractivity contribution in [2.75, 3.05) is 32.5 Å². The van der Waals surface area contributed by atoms with Gasteiger partial charge < -0.3 is 20.1 Å². The number of anilines is 1. The number of hydrogen-bond donors (Lipinski definition) is 3. The van der Waals surface area contributed by atoms with Crippen LogP contribution in [0.25, 0.3) is 10.9 Å². The van der Waals surface area contributed by atoms with Crippen LogP contribution >= 0.6 is 0 Å². The van der Waals surface area contributed by atoms with E-state index >= 15 is 0 Å². The lowest BCUT2D eigenvalue weighted by Gasteiger charge is -2.23. The molecule has 0 aliphatic carbocycles. The van der Waals surface area contributed by atoms with Crippen molar-refractivity contribution in [1.29, 1.82) is 0 Å². The third-order valence-corrected chi connectivity index (χ3v) is 4.93. The van der Waals surface area contributed by atoms with E-state index in [0.29, 0.717) is 17.8 Å². The van der Waals surface area contributed by atoms with Crippen LogP contribution < -0.4 is 15.8 Å². The lowest BCUT2D eigenvalue weighted by molar-refractivity contribution is -0.858. The second-order valence-electron chi connectivity index (χ2n) is 7.88. The molecule has 3 N–H and O–H groups in total. The minimum Gasteiger partial charge on any atom is -0.340 e. The summed E-state index contributed by atoms with van der Waals surface area (Å²) in [6.07, 6.45) is 0.795. The molecule has 30 heavy (non-hydrogen) atoms. The van der Waals surface area contributed by atoms with E-state index in [1.165, 1.54) is 29.2 Å². The van der Waals surface area contributed by atoms with E-state index in [1.54, 1.807) is 4.90 Å². The number of pyridine rings is 1. The highest BCUT2D eigenvalue weighted by Gasteiger charge is 2.17. The number of hydrogen-bond acceptors (Lipinski definition) is 2. The minimum atomic E-state index is -0.364. The third kappa shape index (κ3) is 5.67. The maximum Gasteiger partial charge on any atom is 0.322 e. The summed E-state index contributed by atoms with van der Waals surface area (Å²) in [5.41, 5.74) is 2.70. The van der Waals surface area contributed by atoms with Gasteiger partial charge in [-0.1, -0.05) is 11.6 Å². The fraction of sp³-hybridized carbons (Fsp3) is 0.304. The Kier molecular flexibility index (Phi) is 6.84. The van der Waals surface area contributed by atoms with Crippen LogP contribution in [0.15, 0.2) is 53.3 Å². The lowest BCUT2D eigenvalue weighted by Crippen LogP contribution is -3.05. The number of nitrogens with one attached hydrogen (secondary N) is 3. The van der Waals surface area contributed by atoms with E-state index < -0.39 is 0 Å². The Morgan fingerprint density at radius 2 is 1.87 bits per heavy atom. The Morgan fingerprint density at radius 1 is 1.13 bits per heavy atom. The number of benzene rings is 2. The molecule has 7 heteroatoms. The molecule has 1 heterocycles. The van der Waals surface area contributed by atoms with E-state index in [-0.39, 0.29) is 24.0 Å². The number of aryl methyl sites for hydroxylation is 1. The Balaban J connectivity index is 1.83. The molecule has 0 radical (unpaired) electrons. The number of carbonyl (C=O) groups is 1. The van der Waals surface area contributed by atoms with Gasteiger partial charge in [-0.2, -0.15) is 0 Å². The highest BCUT2D eigenvalue weighted by atomic mass is 19.1. The van der Waals surface area contributed by atoms with Gasteiger partial charge in [0.2, 0.25) is 0 Å². The smallest absolute Gasteiger partial charge is 0.322 e. The van der Waals surface area contributed by atoms with Gasteiger partial charge in [-0.05, 0) is 54.8 Å². The summed E-state index contributed by atoms with van der Waals surface area (Å²) in [6, 6.07) is 13.0. The normalized spacial score (nSPS) is 11.1. The fourth-order valence-corrected chi connectivity index (χ4v) is 3.31. The molecule has 6 nitrogen and oxygen atoms in total. The molecule has 2 amide bonds. The Hall–Kier alpha value is -3.19. The number of H-pyrrole nitrogens is 1. The van der Waals surface area contributed by atoms with Crippen LogP contribution in [0.5, 0.6) is 0 Å². The first kappa shape index (κ1) is 21.5. The quantitative estimate of drug-likeness (QED) is 0.559. The third-order valence-electron chi connectivity index (χ3n) is 4.93. The number of rotatable bonds is 7. The van der Waals surface area contributed by atoms with Gasteiger partial charge in [-0.15, -0.1) is 0 Å². The Labute approximate surface area is 175 Å². The molecular weight excluding hydrogens is 383 g/mol. The number of urea groups is 1. The minimum absolute atomic E-state index is 0.189. The van der Waals surface area contributed by atoms with Crippen molar-refractivity contribution in [2.45, 2.75) is 19.9 Å². The van der Waals surface area contributed by atoms with Gasteiger partial charge in [0.1, 0.15) is 5.82 Å². The van der Waals surface area contributed by atoms with Crippen molar-refractivity contribution in [3.63, 3.8) is 0 Å². The van der Waals surface area contributed by atoms with E-state index in [4.69, 9.17) is 0 Å². The van der Waals surface area contributed by atoms with Gasteiger partial charge in [-0.25, -0.2) is 9.18 Å². The second-order valence-corrected chi connectivity index (χ2v) is 7.88. The first-order valence-corrected chi connectivity index (χ1v) is 10.0. The van der Waals surface area contributed by atoms with Crippen LogP contribution in [-0.2, 0) is 6.54 Å². The van der Waals surface area contributed by atoms with E-state index in [1.807, 2.05) is 31.2 Å². The van der Waals surface area contributed by atoms with Crippen LogP contribution in [0, 0.1) is 12.7 Å². The van der Waals surface area contributed by atoms with Gasteiger partial charge in [0.15, 0.2) is 0 Å². The summed E-state index contributed by atoms with van der Waals surface area (Å²) in [5.74, 6) is -0.364. The molecule has 0 spiro atoms. The fourth-order valence-electron chi connectivity index (χ4n) is 3.31. The zero-order valence-electron chi connectivity index (χ0n) is 17.6. The van der Waals surface area contributed by atoms with Crippen LogP contribution in [0.2, 0.25) is 0 Å². The average molecular weight is 412 g/mol. The molecule has 0 bridgehead atoms. The highest BCUT2D eigenvalue weighted by Crippen LogP contribution is 2.15. The number of quaternary nitrogens is 1. The average Bonchev–Trinajstić information content (AvgIpc) is 2.69. The molecule has 3 rings (SSSR count). The standard InChI is InChI=1S/C23H27FN4O2/c1-16-5-10-21-17(13-16)14-18(22(29)26-21)15-28(12-4-11-27(2)3)23(30)25-20-8-6-19(24)7-9-20/h5-10,13-14H,4,11-12,15H2,1-3H3,(H,25,30)(H,26,29)/p+1. The number of nitrogens with zero attached hydrogens (tertiary/aromatic N) is 1. The van der Waals surface area contributed by atoms with Crippen molar-refractivity contribution in [3.05, 3.63) is 75.8 Å². The molecule has 0 saturated heterocycles. The second kappa shape index (κ2) is 9.54. The molecular formula is C23H28FN4O2+. The number of fused-ring (bicyclic) bond motifs is 1. The molecule has 158 valence electrons. The summed E-state index contributed by atoms with van der Waals surface area (Å²) in [6.45, 7) is 3.59. The molecule has 0 saturated carbocycles. The van der Waals surface area contributed by atoms with E-state index in [2.05, 4.69) is 24.4 Å². The molecule has 0 atom stereocenters. The molecule has 3 aromatic rings. The molecule has 0 unspecified atom stereocenters. The molecule has 0 aliphatic heterocycles. The van der Waals surface area contributed by atoms with Gasteiger partial charge in [0.05, 0.1) is 27.2 Å². The van der Waals surface area contributed by atoms with Crippen LogP contribution in [0.3, 0.4) is 0 Å². The molecule has 0 aliphatic rings. The van der Waals surface area contributed by atoms with Gasteiger partial charge >= 0.3 is 6.03 Å². The number of halogens is 1. The van der Waals surface area contributed by atoms with Gasteiger partial charge in [0, 0.05) is 29.7 Å². The van der Waals surface area contributed by atoms with Crippen molar-refractivity contribution in [3.8, 4) is 0 Å². The van der Waals surface area contributed by atoms with E-state index in [0.717, 1.165) is 29.4 Å². The molecule has 0 fully saturated rings. The Bertz CT molecular complexity index is 1080. The molecule has 1 aromatic heterocycles. The first-order chi connectivity index (χ1) is 14.3. The van der Waals surface area contributed by atoms with Gasteiger partial charge in [0.25, 0.3) is 5.56 Å². The summed E-state index contributed by atoms with van der Waals surface area (Å²) in [7, 11) is 4.11. The maximum atomic E-state index is 13.1. The van der Waals surface area contributed by atoms with Crippen LogP contribution in [-0.4, -0.2) is 43.1 Å². The number of aromatic nitrogens is 1. The van der Waals surface area contributed by atoms with Crippen LogP contribution in [0.1, 0.15) is 17.5 Å². The van der Waals surface area contributed by atoms with Crippen LogP contribution in [0.4, 0.5) is 14.9 Å². The number of carbonyl (C=O) groups excluding carboxylic acids is 1. The van der Waals surface area contributed by atoms with Crippen molar-refractivity contribution in [1.82, 2.24) is 9.88 Å². The zero-order chi connectivity index (χ0) is 21.7. The van der Waals surface area contributed by atoms with Gasteiger partial charge in [-0.3, -0.25) is 4.79 Å².